The van der Waals surface area contributed by atoms with Crippen molar-refractivity contribution in [1.29, 1.82) is 5.26 Å². The Morgan fingerprint density at radius 3 is 2.36 bits per heavy atom. The lowest BCUT2D eigenvalue weighted by Crippen LogP contribution is -2.44. The molecule has 0 unspecified atom stereocenters. The quantitative estimate of drug-likeness (QED) is 0.461. The van der Waals surface area contributed by atoms with Gasteiger partial charge in [-0.05, 0) is 51.2 Å². The highest BCUT2D eigenvalue weighted by Crippen LogP contribution is 2.30. The fraction of sp³-hybridized carbons (Fsp3) is 0.280. The summed E-state index contributed by atoms with van der Waals surface area (Å²) in [6.45, 7) is 1.59. The first-order chi connectivity index (χ1) is 16.0. The maximum Gasteiger partial charge on any atom is 0.253 e. The largest absolute Gasteiger partial charge is 0.339 e. The van der Waals surface area contributed by atoms with Gasteiger partial charge in [-0.1, -0.05) is 35.6 Å². The molecule has 0 spiro atoms. The number of carbonyl (C=O) groups is 1. The summed E-state index contributed by atoms with van der Waals surface area (Å²) in [5, 5.41) is 14.6. The number of fused-ring (bicyclic) bond motifs is 1. The van der Waals surface area contributed by atoms with E-state index in [4.69, 9.17) is 10.4 Å². The fourth-order valence-corrected chi connectivity index (χ4v) is 5.13. The summed E-state index contributed by atoms with van der Waals surface area (Å²) < 4.78 is 1.83. The first-order valence-corrected chi connectivity index (χ1v) is 11.8. The van der Waals surface area contributed by atoms with Gasteiger partial charge in [-0.3, -0.25) is 4.79 Å². The predicted molar refractivity (Wildman–Crippen MR) is 129 cm³/mol. The van der Waals surface area contributed by atoms with Gasteiger partial charge in [0.15, 0.2) is 0 Å². The second kappa shape index (κ2) is 8.77. The summed E-state index contributed by atoms with van der Waals surface area (Å²) >= 11 is 1.51. The molecule has 5 rings (SSSR count). The smallest absolute Gasteiger partial charge is 0.253 e. The van der Waals surface area contributed by atoms with Gasteiger partial charge in [-0.15, -0.1) is 0 Å². The Morgan fingerprint density at radius 1 is 1.06 bits per heavy atom. The Balaban J connectivity index is 1.34. The number of rotatable bonds is 4. The van der Waals surface area contributed by atoms with Crippen molar-refractivity contribution in [2.45, 2.75) is 18.9 Å². The van der Waals surface area contributed by atoms with E-state index in [2.05, 4.69) is 30.0 Å². The van der Waals surface area contributed by atoms with E-state index in [1.165, 1.54) is 11.3 Å². The third kappa shape index (κ3) is 4.13. The predicted octanol–water partition coefficient (Wildman–Crippen LogP) is 4.16. The van der Waals surface area contributed by atoms with Gasteiger partial charge in [0.05, 0.1) is 23.5 Å². The number of aromatic nitrogens is 3. The Hall–Kier alpha value is -3.54. The fourth-order valence-electron chi connectivity index (χ4n) is 4.25. The molecular weight excluding hydrogens is 432 g/mol. The van der Waals surface area contributed by atoms with Crippen LogP contribution in [0.15, 0.2) is 54.7 Å². The van der Waals surface area contributed by atoms with Crippen LogP contribution in [-0.2, 0) is 0 Å². The molecule has 0 N–H and O–H groups in total. The standard InChI is InChI=1S/C25H24N6OS/c1-29(2)21-11-13-30(14-12-21)24(32)20-9-7-19(8-10-20)23-28-31-22(16-27-25(31)33-23)18-5-3-17(15-26)4-6-18/h3-10,16,21H,11-14H2,1-2H3. The van der Waals surface area contributed by atoms with Crippen molar-refractivity contribution in [2.24, 2.45) is 0 Å². The molecule has 2 aromatic heterocycles. The highest BCUT2D eigenvalue weighted by atomic mass is 32.1. The normalized spacial score (nSPS) is 14.7. The van der Waals surface area contributed by atoms with Crippen molar-refractivity contribution in [1.82, 2.24) is 24.4 Å². The molecule has 0 atom stereocenters. The average molecular weight is 457 g/mol. The van der Waals surface area contributed by atoms with Gasteiger partial charge in [-0.2, -0.15) is 10.4 Å². The number of nitriles is 1. The number of benzene rings is 2. The maximum absolute atomic E-state index is 12.9. The van der Waals surface area contributed by atoms with Crippen LogP contribution in [0.25, 0.3) is 26.8 Å². The van der Waals surface area contributed by atoms with E-state index in [-0.39, 0.29) is 5.91 Å². The van der Waals surface area contributed by atoms with Crippen LogP contribution >= 0.6 is 11.3 Å². The number of imidazole rings is 1. The summed E-state index contributed by atoms with van der Waals surface area (Å²) in [6, 6.07) is 17.8. The van der Waals surface area contributed by atoms with Crippen LogP contribution in [0.4, 0.5) is 0 Å². The highest BCUT2D eigenvalue weighted by Gasteiger charge is 2.24. The van der Waals surface area contributed by atoms with Crippen molar-refractivity contribution in [3.05, 3.63) is 65.9 Å². The molecule has 1 saturated heterocycles. The highest BCUT2D eigenvalue weighted by molar-refractivity contribution is 7.19. The van der Waals surface area contributed by atoms with E-state index >= 15 is 0 Å². The number of amides is 1. The Kier molecular flexibility index (Phi) is 5.67. The molecule has 1 aliphatic rings. The van der Waals surface area contributed by atoms with E-state index in [0.717, 1.165) is 52.7 Å². The lowest BCUT2D eigenvalue weighted by atomic mass is 10.0. The van der Waals surface area contributed by atoms with E-state index in [1.807, 2.05) is 45.8 Å². The zero-order chi connectivity index (χ0) is 22.9. The summed E-state index contributed by atoms with van der Waals surface area (Å²) in [5.41, 5.74) is 4.12. The molecule has 0 saturated carbocycles. The van der Waals surface area contributed by atoms with Gasteiger partial charge in [0.2, 0.25) is 4.96 Å². The van der Waals surface area contributed by atoms with Crippen molar-refractivity contribution >= 4 is 22.2 Å². The topological polar surface area (TPSA) is 77.5 Å². The molecule has 0 bridgehead atoms. The van der Waals surface area contributed by atoms with E-state index in [1.54, 1.807) is 18.3 Å². The summed E-state index contributed by atoms with van der Waals surface area (Å²) in [4.78, 5) is 22.4. The molecular formula is C25H24N6OS. The summed E-state index contributed by atoms with van der Waals surface area (Å²) in [5.74, 6) is 0.0933. The maximum atomic E-state index is 12.9. The molecule has 1 amide bonds. The molecule has 33 heavy (non-hydrogen) atoms. The monoisotopic (exact) mass is 456 g/mol. The minimum atomic E-state index is 0.0933. The van der Waals surface area contributed by atoms with Crippen LogP contribution in [-0.4, -0.2) is 63.5 Å². The Bertz CT molecular complexity index is 1320. The summed E-state index contributed by atoms with van der Waals surface area (Å²) in [7, 11) is 4.20. The number of nitrogens with zero attached hydrogens (tertiary/aromatic N) is 6. The Morgan fingerprint density at radius 2 is 1.73 bits per heavy atom. The van der Waals surface area contributed by atoms with Crippen LogP contribution in [0.5, 0.6) is 0 Å². The van der Waals surface area contributed by atoms with E-state index < -0.39 is 0 Å². The molecule has 2 aromatic carbocycles. The van der Waals surface area contributed by atoms with E-state index in [9.17, 15) is 4.79 Å². The van der Waals surface area contributed by atoms with Gasteiger partial charge in [0.1, 0.15) is 5.01 Å². The van der Waals surface area contributed by atoms with Gasteiger partial charge in [-0.25, -0.2) is 9.50 Å². The molecule has 4 aromatic rings. The average Bonchev–Trinajstić information content (AvgIpc) is 3.45. The Labute approximate surface area is 196 Å². The first-order valence-electron chi connectivity index (χ1n) is 10.9. The van der Waals surface area contributed by atoms with Crippen LogP contribution in [0, 0.1) is 11.3 Å². The number of likely N-dealkylation sites (tertiary alicyclic amines) is 1. The van der Waals surface area contributed by atoms with Crippen molar-refractivity contribution < 1.29 is 4.79 Å². The van der Waals surface area contributed by atoms with Gasteiger partial charge in [0.25, 0.3) is 5.91 Å². The molecule has 3 heterocycles. The van der Waals surface area contributed by atoms with Crippen LogP contribution in [0.1, 0.15) is 28.8 Å². The second-order valence-electron chi connectivity index (χ2n) is 8.50. The molecule has 166 valence electrons. The van der Waals surface area contributed by atoms with Gasteiger partial charge < -0.3 is 9.80 Å². The van der Waals surface area contributed by atoms with Crippen LogP contribution in [0.2, 0.25) is 0 Å². The zero-order valence-corrected chi connectivity index (χ0v) is 19.4. The lowest BCUT2D eigenvalue weighted by Gasteiger charge is -2.35. The molecule has 0 radical (unpaired) electrons. The molecule has 1 aliphatic heterocycles. The number of hydrogen-bond donors (Lipinski definition) is 0. The number of carbonyl (C=O) groups excluding carboxylic acids is 1. The minimum Gasteiger partial charge on any atom is -0.339 e. The van der Waals surface area contributed by atoms with E-state index in [0.29, 0.717) is 17.2 Å². The van der Waals surface area contributed by atoms with Crippen LogP contribution < -0.4 is 0 Å². The number of hydrogen-bond acceptors (Lipinski definition) is 6. The van der Waals surface area contributed by atoms with Crippen molar-refractivity contribution in [3.8, 4) is 27.9 Å². The minimum absolute atomic E-state index is 0.0933. The third-order valence-electron chi connectivity index (χ3n) is 6.26. The first kappa shape index (κ1) is 21.3. The van der Waals surface area contributed by atoms with Gasteiger partial charge >= 0.3 is 0 Å². The summed E-state index contributed by atoms with van der Waals surface area (Å²) in [6.07, 6.45) is 3.82. The van der Waals surface area contributed by atoms with Crippen molar-refractivity contribution in [3.63, 3.8) is 0 Å². The van der Waals surface area contributed by atoms with Gasteiger partial charge in [0, 0.05) is 35.8 Å². The molecule has 7 nitrogen and oxygen atoms in total. The van der Waals surface area contributed by atoms with Crippen molar-refractivity contribution in [2.75, 3.05) is 27.2 Å². The lowest BCUT2D eigenvalue weighted by molar-refractivity contribution is 0.0663. The molecule has 1 fully saturated rings. The molecule has 8 heteroatoms. The number of piperidine rings is 1. The SMILES string of the molecule is CN(C)C1CCN(C(=O)c2ccc(-c3nn4c(-c5ccc(C#N)cc5)cnc4s3)cc2)CC1. The second-order valence-corrected chi connectivity index (χ2v) is 9.45. The molecule has 0 aliphatic carbocycles. The third-order valence-corrected chi connectivity index (χ3v) is 7.23. The zero-order valence-electron chi connectivity index (χ0n) is 18.6. The van der Waals surface area contributed by atoms with Crippen LogP contribution in [0.3, 0.4) is 0 Å².